The number of aromatic nitrogens is 2. The molecule has 0 aliphatic heterocycles. The fourth-order valence-electron chi connectivity index (χ4n) is 3.11. The lowest BCUT2D eigenvalue weighted by molar-refractivity contribution is 0.606. The highest BCUT2D eigenvalue weighted by Crippen LogP contribution is 2.36. The first-order valence-electron chi connectivity index (χ1n) is 8.99. The second kappa shape index (κ2) is 7.81. The molecule has 0 bridgehead atoms. The third-order valence-corrected chi connectivity index (χ3v) is 5.97. The van der Waals surface area contributed by atoms with Crippen molar-refractivity contribution in [1.82, 2.24) is 9.97 Å². The van der Waals surface area contributed by atoms with Gasteiger partial charge in [0.15, 0.2) is 0 Å². The quantitative estimate of drug-likeness (QED) is 0.471. The molecule has 0 unspecified atom stereocenters. The van der Waals surface area contributed by atoms with E-state index < -0.39 is 10.0 Å². The molecule has 2 N–H and O–H groups in total. The topological polar surface area (TPSA) is 84.0 Å². The van der Waals surface area contributed by atoms with Gasteiger partial charge in [0.25, 0.3) is 0 Å². The molecule has 4 aromatic rings. The maximum absolute atomic E-state index is 11.6. The molecule has 2 aromatic heterocycles. The molecule has 2 heterocycles. The van der Waals surface area contributed by atoms with E-state index in [1.807, 2.05) is 12.1 Å². The first-order chi connectivity index (χ1) is 13.9. The molecule has 6 nitrogen and oxygen atoms in total. The summed E-state index contributed by atoms with van der Waals surface area (Å²) >= 11 is 1.58. The Labute approximate surface area is 173 Å². The van der Waals surface area contributed by atoms with Crippen molar-refractivity contribution in [3.8, 4) is 11.1 Å². The lowest BCUT2D eigenvalue weighted by Gasteiger charge is -2.13. The molecule has 0 radical (unpaired) electrons. The summed E-state index contributed by atoms with van der Waals surface area (Å²) < 4.78 is 25.8. The number of benzene rings is 2. The van der Waals surface area contributed by atoms with Gasteiger partial charge in [-0.1, -0.05) is 48.0 Å². The molecule has 148 valence electrons. The summed E-state index contributed by atoms with van der Waals surface area (Å²) in [6, 6.07) is 15.7. The maximum atomic E-state index is 11.6. The lowest BCUT2D eigenvalue weighted by Crippen LogP contribution is -2.12. The van der Waals surface area contributed by atoms with Gasteiger partial charge in [0.05, 0.1) is 17.3 Å². The van der Waals surface area contributed by atoms with Crippen LogP contribution >= 0.6 is 11.3 Å². The minimum Gasteiger partial charge on any atom is -0.365 e. The summed E-state index contributed by atoms with van der Waals surface area (Å²) in [6.45, 7) is 2.49. The fourth-order valence-corrected chi connectivity index (χ4v) is 4.62. The van der Waals surface area contributed by atoms with E-state index in [9.17, 15) is 8.42 Å². The monoisotopic (exact) mass is 424 g/mol. The van der Waals surface area contributed by atoms with E-state index in [4.69, 9.17) is 0 Å². The van der Waals surface area contributed by atoms with Crippen molar-refractivity contribution in [2.24, 2.45) is 0 Å². The summed E-state index contributed by atoms with van der Waals surface area (Å²) in [6.07, 6.45) is 2.69. The van der Waals surface area contributed by atoms with Crippen LogP contribution in [0.25, 0.3) is 21.3 Å². The molecule has 0 saturated carbocycles. The third-order valence-electron chi connectivity index (χ3n) is 4.49. The summed E-state index contributed by atoms with van der Waals surface area (Å²) in [5.41, 5.74) is 4.78. The van der Waals surface area contributed by atoms with E-state index in [0.29, 0.717) is 12.2 Å². The minimum absolute atomic E-state index is 0.425. The van der Waals surface area contributed by atoms with E-state index in [1.54, 1.807) is 29.8 Å². The van der Waals surface area contributed by atoms with Crippen LogP contribution < -0.4 is 10.0 Å². The molecule has 0 spiro atoms. The van der Waals surface area contributed by atoms with Crippen LogP contribution in [-0.4, -0.2) is 24.6 Å². The number of hydrogen-bond donors (Lipinski definition) is 2. The van der Waals surface area contributed by atoms with Crippen molar-refractivity contribution in [2.75, 3.05) is 16.3 Å². The molecule has 0 amide bonds. The highest BCUT2D eigenvalue weighted by atomic mass is 32.2. The van der Waals surface area contributed by atoms with Crippen LogP contribution in [0, 0.1) is 6.92 Å². The third kappa shape index (κ3) is 4.38. The number of fused-ring (bicyclic) bond motifs is 1. The Morgan fingerprint density at radius 1 is 1.03 bits per heavy atom. The van der Waals surface area contributed by atoms with Crippen molar-refractivity contribution in [3.63, 3.8) is 0 Å². The average molecular weight is 425 g/mol. The zero-order valence-electron chi connectivity index (χ0n) is 16.0. The molecule has 0 aliphatic rings. The SMILES string of the molecule is Cc1ccc(-c2csc3ncnc(NCc4ccccc4NS(C)(=O)=O)c23)cc1. The molecule has 0 saturated heterocycles. The van der Waals surface area contributed by atoms with Crippen LogP contribution in [0.4, 0.5) is 11.5 Å². The molecule has 4 rings (SSSR count). The van der Waals surface area contributed by atoms with Crippen molar-refractivity contribution in [3.05, 3.63) is 71.4 Å². The van der Waals surface area contributed by atoms with Gasteiger partial charge in [-0.15, -0.1) is 11.3 Å². The lowest BCUT2D eigenvalue weighted by atomic mass is 10.0. The highest BCUT2D eigenvalue weighted by Gasteiger charge is 2.14. The van der Waals surface area contributed by atoms with Crippen LogP contribution in [0.2, 0.25) is 0 Å². The molecule has 0 atom stereocenters. The van der Waals surface area contributed by atoms with Crippen LogP contribution in [0.15, 0.2) is 60.2 Å². The van der Waals surface area contributed by atoms with Crippen LogP contribution in [0.1, 0.15) is 11.1 Å². The number of aryl methyl sites for hydroxylation is 1. The summed E-state index contributed by atoms with van der Waals surface area (Å²) in [5, 5.41) is 6.42. The predicted molar refractivity (Wildman–Crippen MR) is 120 cm³/mol. The first-order valence-corrected chi connectivity index (χ1v) is 11.8. The van der Waals surface area contributed by atoms with Crippen LogP contribution in [0.3, 0.4) is 0 Å². The molecule has 0 fully saturated rings. The average Bonchev–Trinajstić information content (AvgIpc) is 3.11. The van der Waals surface area contributed by atoms with Crippen LogP contribution in [-0.2, 0) is 16.6 Å². The number of anilines is 2. The number of hydrogen-bond acceptors (Lipinski definition) is 6. The smallest absolute Gasteiger partial charge is 0.229 e. The number of nitrogens with one attached hydrogen (secondary N) is 2. The molecule has 2 aromatic carbocycles. The highest BCUT2D eigenvalue weighted by molar-refractivity contribution is 7.92. The van der Waals surface area contributed by atoms with Gasteiger partial charge in [0.2, 0.25) is 10.0 Å². The zero-order chi connectivity index (χ0) is 20.4. The fraction of sp³-hybridized carbons (Fsp3) is 0.143. The first kappa shape index (κ1) is 19.4. The molecular formula is C21H20N4O2S2. The van der Waals surface area contributed by atoms with Crippen molar-refractivity contribution in [2.45, 2.75) is 13.5 Å². The second-order valence-electron chi connectivity index (χ2n) is 6.80. The Kier molecular flexibility index (Phi) is 5.21. The van der Waals surface area contributed by atoms with Crippen LogP contribution in [0.5, 0.6) is 0 Å². The van der Waals surface area contributed by atoms with E-state index in [1.165, 1.54) is 5.56 Å². The maximum Gasteiger partial charge on any atom is 0.229 e. The Morgan fingerprint density at radius 3 is 2.55 bits per heavy atom. The minimum atomic E-state index is -3.36. The van der Waals surface area contributed by atoms with Gasteiger partial charge in [0, 0.05) is 17.5 Å². The summed E-state index contributed by atoms with van der Waals surface area (Å²) in [5.74, 6) is 0.723. The Bertz CT molecular complexity index is 1270. The molecule has 0 aliphatic carbocycles. The number of nitrogens with zero attached hydrogens (tertiary/aromatic N) is 2. The van der Waals surface area contributed by atoms with Gasteiger partial charge >= 0.3 is 0 Å². The van der Waals surface area contributed by atoms with Gasteiger partial charge in [-0.05, 0) is 24.1 Å². The number of para-hydroxylation sites is 1. The van der Waals surface area contributed by atoms with Gasteiger partial charge in [-0.25, -0.2) is 18.4 Å². The largest absolute Gasteiger partial charge is 0.365 e. The standard InChI is InChI=1S/C21H20N4O2S2/c1-14-7-9-15(10-8-14)17-12-28-21-19(17)20(23-13-24-21)22-11-16-5-3-4-6-18(16)25-29(2,26)27/h3-10,12-13,25H,11H2,1-2H3,(H,22,23,24). The normalized spacial score (nSPS) is 11.5. The van der Waals surface area contributed by atoms with E-state index in [0.717, 1.165) is 39.0 Å². The number of sulfonamides is 1. The number of rotatable bonds is 6. The Balaban J connectivity index is 1.68. The summed E-state index contributed by atoms with van der Waals surface area (Å²) in [7, 11) is -3.36. The van der Waals surface area contributed by atoms with Gasteiger partial charge in [-0.2, -0.15) is 0 Å². The van der Waals surface area contributed by atoms with Gasteiger partial charge in [0.1, 0.15) is 17.0 Å². The molecule has 29 heavy (non-hydrogen) atoms. The van der Waals surface area contributed by atoms with Crippen molar-refractivity contribution in [1.29, 1.82) is 0 Å². The van der Waals surface area contributed by atoms with E-state index in [-0.39, 0.29) is 0 Å². The molecule has 8 heteroatoms. The van der Waals surface area contributed by atoms with Crippen molar-refractivity contribution < 1.29 is 8.42 Å². The Hall–Kier alpha value is -2.97. The molecular weight excluding hydrogens is 404 g/mol. The number of thiophene rings is 1. The van der Waals surface area contributed by atoms with E-state index >= 15 is 0 Å². The van der Waals surface area contributed by atoms with Crippen molar-refractivity contribution >= 4 is 43.1 Å². The van der Waals surface area contributed by atoms with Gasteiger partial charge < -0.3 is 5.32 Å². The second-order valence-corrected chi connectivity index (χ2v) is 9.41. The Morgan fingerprint density at radius 2 is 1.79 bits per heavy atom. The zero-order valence-corrected chi connectivity index (χ0v) is 17.6. The predicted octanol–water partition coefficient (Wildman–Crippen LogP) is 4.65. The summed E-state index contributed by atoms with van der Waals surface area (Å²) in [4.78, 5) is 9.75. The van der Waals surface area contributed by atoms with E-state index in [2.05, 4.69) is 56.6 Å². The van der Waals surface area contributed by atoms with Gasteiger partial charge in [-0.3, -0.25) is 4.72 Å².